The molecule has 2 saturated carbocycles. The lowest BCUT2D eigenvalue weighted by atomic mass is 9.84. The Labute approximate surface area is 231 Å². The highest BCUT2D eigenvalue weighted by molar-refractivity contribution is 7.89. The van der Waals surface area contributed by atoms with Crippen LogP contribution in [0.1, 0.15) is 50.5 Å². The van der Waals surface area contributed by atoms with E-state index in [1.165, 1.54) is 12.1 Å². The highest BCUT2D eigenvalue weighted by Gasteiger charge is 2.33. The lowest BCUT2D eigenvalue weighted by Gasteiger charge is -2.34. The van der Waals surface area contributed by atoms with Gasteiger partial charge in [-0.1, -0.05) is 19.3 Å². The fourth-order valence-electron chi connectivity index (χ4n) is 5.95. The number of hydrogen-bond acceptors (Lipinski definition) is 6. The van der Waals surface area contributed by atoms with Gasteiger partial charge in [-0.2, -0.15) is 0 Å². The Morgan fingerprint density at radius 3 is 2.36 bits per heavy atom. The molecular weight excluding hydrogens is 510 g/mol. The van der Waals surface area contributed by atoms with Crippen LogP contribution < -0.4 is 20.3 Å². The molecule has 0 bridgehead atoms. The molecule has 2 aliphatic heterocycles. The van der Waals surface area contributed by atoms with Gasteiger partial charge in [-0.05, 0) is 87.0 Å². The summed E-state index contributed by atoms with van der Waals surface area (Å²) in [6.45, 7) is 4.61. The van der Waals surface area contributed by atoms with Crippen LogP contribution in [0.5, 0.6) is 0 Å². The summed E-state index contributed by atoms with van der Waals surface area (Å²) < 4.78 is 28.8. The van der Waals surface area contributed by atoms with Crippen LogP contribution >= 0.6 is 0 Å². The highest BCUT2D eigenvalue weighted by atomic mass is 32.2. The van der Waals surface area contributed by atoms with Crippen LogP contribution in [0.15, 0.2) is 53.1 Å². The smallest absolute Gasteiger partial charge is 0.258 e. The van der Waals surface area contributed by atoms with Crippen molar-refractivity contribution in [3.8, 4) is 0 Å². The third-order valence-corrected chi connectivity index (χ3v) is 10.0. The molecule has 2 heterocycles. The lowest BCUT2D eigenvalue weighted by molar-refractivity contribution is -0.110. The van der Waals surface area contributed by atoms with Gasteiger partial charge in [-0.15, -0.1) is 0 Å². The van der Waals surface area contributed by atoms with E-state index in [9.17, 15) is 13.2 Å². The summed E-state index contributed by atoms with van der Waals surface area (Å²) in [4.78, 5) is 18.3. The van der Waals surface area contributed by atoms with Crippen LogP contribution in [0, 0.1) is 11.8 Å². The van der Waals surface area contributed by atoms with Crippen LogP contribution in [0.4, 0.5) is 17.1 Å². The summed E-state index contributed by atoms with van der Waals surface area (Å²) in [6.07, 6.45) is 7.62. The molecular formula is C30H39N5O3S. The van der Waals surface area contributed by atoms with E-state index in [1.54, 1.807) is 18.2 Å². The first-order valence-electron chi connectivity index (χ1n) is 14.4. The zero-order valence-electron chi connectivity index (χ0n) is 22.7. The van der Waals surface area contributed by atoms with Gasteiger partial charge in [0.15, 0.2) is 0 Å². The fourth-order valence-corrected chi connectivity index (χ4v) is 7.09. The number of piperazine rings is 1. The topological polar surface area (TPSA) is 93.8 Å². The van der Waals surface area contributed by atoms with Crippen molar-refractivity contribution in [1.29, 1.82) is 0 Å². The predicted molar refractivity (Wildman–Crippen MR) is 156 cm³/mol. The molecule has 0 aromatic heterocycles. The molecule has 2 aromatic carbocycles. The number of carbonyl (C=O) groups excluding carboxylic acids is 1. The Hall–Kier alpha value is -2.88. The number of hydrogen-bond donors (Lipinski definition) is 3. The largest absolute Gasteiger partial charge is 0.369 e. The number of likely N-dealkylation sites (N-methyl/N-ethyl adjacent to an activating group) is 1. The Balaban J connectivity index is 1.32. The minimum Gasteiger partial charge on any atom is -0.369 e. The molecule has 208 valence electrons. The number of sulfonamides is 1. The quantitative estimate of drug-likeness (QED) is 0.421. The van der Waals surface area contributed by atoms with Crippen molar-refractivity contribution in [3.63, 3.8) is 0 Å². The summed E-state index contributed by atoms with van der Waals surface area (Å²) in [7, 11) is -1.49. The van der Waals surface area contributed by atoms with Crippen molar-refractivity contribution in [3.05, 3.63) is 53.7 Å². The molecule has 39 heavy (non-hydrogen) atoms. The summed E-state index contributed by atoms with van der Waals surface area (Å²) in [6, 6.07) is 13.4. The van der Waals surface area contributed by atoms with E-state index in [1.807, 2.05) is 0 Å². The minimum absolute atomic E-state index is 0.174. The molecule has 9 heteroatoms. The average molecular weight is 550 g/mol. The Morgan fingerprint density at radius 1 is 0.949 bits per heavy atom. The van der Waals surface area contributed by atoms with Gasteiger partial charge in [0.1, 0.15) is 0 Å². The average Bonchev–Trinajstić information content (AvgIpc) is 3.73. The molecule has 1 amide bonds. The summed E-state index contributed by atoms with van der Waals surface area (Å²) in [5, 5.41) is 6.62. The van der Waals surface area contributed by atoms with Gasteiger partial charge in [-0.3, -0.25) is 4.79 Å². The molecule has 0 unspecified atom stereocenters. The maximum absolute atomic E-state index is 13.4. The van der Waals surface area contributed by atoms with Crippen LogP contribution in [-0.2, 0) is 14.8 Å². The van der Waals surface area contributed by atoms with Gasteiger partial charge in [-0.25, -0.2) is 13.1 Å². The third kappa shape index (κ3) is 5.85. The van der Waals surface area contributed by atoms with Crippen LogP contribution in [-0.4, -0.2) is 59.0 Å². The number of amides is 1. The molecule has 6 rings (SSSR count). The summed E-state index contributed by atoms with van der Waals surface area (Å²) in [5.74, 6) is 0.487. The number of benzene rings is 2. The maximum Gasteiger partial charge on any atom is 0.258 e. The minimum atomic E-state index is -3.65. The standard InChI is InChI=1S/C30H39N5O3S/c1-34-15-17-35(18-16-34)24-11-9-23(10-12-24)32-29(22-5-3-2-4-6-22)28-26-19-25(13-14-27(26)33-30(28)36)39(37,38)31-20-21-7-8-21/h9-14,19,21-22,31-32H,2-8,15-18,20H2,1H3,(H,33,36)/b29-28-. The van der Waals surface area contributed by atoms with Crippen molar-refractivity contribution in [1.82, 2.24) is 9.62 Å². The SMILES string of the molecule is CN1CCN(c2ccc(N/C(=C3\C(=O)Nc4ccc(S(=O)(=O)NCC5CC5)cc43)C3CCCCC3)cc2)CC1. The van der Waals surface area contributed by atoms with Gasteiger partial charge in [0.25, 0.3) is 5.91 Å². The number of anilines is 3. The van der Waals surface area contributed by atoms with Crippen LogP contribution in [0.25, 0.3) is 5.57 Å². The van der Waals surface area contributed by atoms with E-state index < -0.39 is 10.0 Å². The molecule has 1 saturated heterocycles. The van der Waals surface area contributed by atoms with E-state index in [4.69, 9.17) is 0 Å². The molecule has 8 nitrogen and oxygen atoms in total. The highest BCUT2D eigenvalue weighted by Crippen LogP contribution is 2.41. The van der Waals surface area contributed by atoms with Crippen molar-refractivity contribution in [2.45, 2.75) is 49.8 Å². The van der Waals surface area contributed by atoms with Crippen molar-refractivity contribution >= 4 is 38.6 Å². The molecule has 0 spiro atoms. The second-order valence-electron chi connectivity index (χ2n) is 11.5. The van der Waals surface area contributed by atoms with Crippen molar-refractivity contribution < 1.29 is 13.2 Å². The summed E-state index contributed by atoms with van der Waals surface area (Å²) >= 11 is 0. The Morgan fingerprint density at radius 2 is 1.67 bits per heavy atom. The van der Waals surface area contributed by atoms with E-state index in [2.05, 4.69) is 56.5 Å². The number of nitrogens with one attached hydrogen (secondary N) is 3. The molecule has 4 aliphatic rings. The third-order valence-electron chi connectivity index (χ3n) is 8.60. The Kier molecular flexibility index (Phi) is 7.39. The fraction of sp³-hybridized carbons (Fsp3) is 0.500. The zero-order valence-corrected chi connectivity index (χ0v) is 23.5. The molecule has 0 atom stereocenters. The monoisotopic (exact) mass is 549 g/mol. The number of nitrogens with zero attached hydrogens (tertiary/aromatic N) is 2. The maximum atomic E-state index is 13.4. The number of carbonyl (C=O) groups is 1. The van der Waals surface area contributed by atoms with Crippen molar-refractivity contribution in [2.75, 3.05) is 55.3 Å². The zero-order chi connectivity index (χ0) is 27.0. The van der Waals surface area contributed by atoms with Gasteiger partial charge >= 0.3 is 0 Å². The second kappa shape index (κ2) is 10.9. The first-order chi connectivity index (χ1) is 18.9. The van der Waals surface area contributed by atoms with Crippen molar-refractivity contribution in [2.24, 2.45) is 11.8 Å². The van der Waals surface area contributed by atoms with Crippen LogP contribution in [0.3, 0.4) is 0 Å². The van der Waals surface area contributed by atoms with Gasteiger partial charge in [0, 0.05) is 61.0 Å². The molecule has 2 aliphatic carbocycles. The van der Waals surface area contributed by atoms with Gasteiger partial charge in [0.05, 0.1) is 10.5 Å². The molecule has 3 N–H and O–H groups in total. The van der Waals surface area contributed by atoms with E-state index in [0.717, 1.165) is 76.1 Å². The van der Waals surface area contributed by atoms with E-state index in [-0.39, 0.29) is 16.7 Å². The van der Waals surface area contributed by atoms with E-state index in [0.29, 0.717) is 29.3 Å². The number of rotatable bonds is 8. The molecule has 0 radical (unpaired) electrons. The lowest BCUT2D eigenvalue weighted by Crippen LogP contribution is -2.44. The predicted octanol–water partition coefficient (Wildman–Crippen LogP) is 4.48. The summed E-state index contributed by atoms with van der Waals surface area (Å²) in [5.41, 5.74) is 4.95. The first kappa shape index (κ1) is 26.3. The number of allylic oxidation sites excluding steroid dienone is 1. The Bertz CT molecular complexity index is 1350. The first-order valence-corrected chi connectivity index (χ1v) is 15.9. The molecule has 3 fully saturated rings. The normalized spacial score (nSPS) is 22.0. The number of fused-ring (bicyclic) bond motifs is 1. The second-order valence-corrected chi connectivity index (χ2v) is 13.3. The van der Waals surface area contributed by atoms with Crippen LogP contribution in [0.2, 0.25) is 0 Å². The van der Waals surface area contributed by atoms with E-state index >= 15 is 0 Å². The van der Waals surface area contributed by atoms with Gasteiger partial charge < -0.3 is 20.4 Å². The van der Waals surface area contributed by atoms with Gasteiger partial charge in [0.2, 0.25) is 10.0 Å². The molecule has 2 aromatic rings.